The summed E-state index contributed by atoms with van der Waals surface area (Å²) in [5.74, 6) is 0. The molecule has 9 aromatic carbocycles. The van der Waals surface area contributed by atoms with E-state index < -0.39 is 0 Å². The van der Waals surface area contributed by atoms with Gasteiger partial charge >= 0.3 is 0 Å². The lowest BCUT2D eigenvalue weighted by Gasteiger charge is -2.27. The van der Waals surface area contributed by atoms with Gasteiger partial charge in [-0.25, -0.2) is 0 Å². The van der Waals surface area contributed by atoms with Gasteiger partial charge in [-0.1, -0.05) is 176 Å². The molecule has 10 aromatic rings. The summed E-state index contributed by atoms with van der Waals surface area (Å²) in [7, 11) is 0. The monoisotopic (exact) mass is 689 g/mol. The molecule has 10 rings (SSSR count). The van der Waals surface area contributed by atoms with Gasteiger partial charge in [0, 0.05) is 38.7 Å². The molecule has 0 bridgehead atoms. The van der Waals surface area contributed by atoms with E-state index in [1.54, 1.807) is 0 Å². The van der Waals surface area contributed by atoms with Crippen molar-refractivity contribution in [2.75, 3.05) is 4.90 Å². The number of furan rings is 1. The van der Waals surface area contributed by atoms with Crippen molar-refractivity contribution in [1.82, 2.24) is 0 Å². The number of fused-ring (bicyclic) bond motifs is 4. The molecule has 54 heavy (non-hydrogen) atoms. The van der Waals surface area contributed by atoms with Gasteiger partial charge < -0.3 is 9.32 Å². The molecule has 0 aliphatic rings. The second kappa shape index (κ2) is 13.4. The fraction of sp³-hybridized carbons (Fsp3) is 0. The molecule has 0 N–H and O–H groups in total. The summed E-state index contributed by atoms with van der Waals surface area (Å²) in [4.78, 5) is 2.36. The Morgan fingerprint density at radius 1 is 0.278 bits per heavy atom. The normalized spacial score (nSPS) is 11.3. The number of nitrogens with zero attached hydrogens (tertiary/aromatic N) is 1. The molecule has 0 aliphatic carbocycles. The Hall–Kier alpha value is -7.16. The number of para-hydroxylation sites is 3. The average Bonchev–Trinajstić information content (AvgIpc) is 3.64. The minimum absolute atomic E-state index is 0.910. The van der Waals surface area contributed by atoms with Crippen molar-refractivity contribution >= 4 is 49.8 Å². The standard InChI is InChI=1S/C52H35NO/c1-4-15-37(16-5-1)43-33-34-50(47-24-11-10-23-46(43)47)53(41-21-8-3-9-22-41)42-31-29-36(30-32-42)39-19-12-20-40(35-39)45-26-14-28-49-48-27-13-25-44(51(48)54-52(45)49)38-17-6-2-7-18-38/h1-35H. The Bertz CT molecular complexity index is 2910. The molecule has 0 unspecified atom stereocenters. The van der Waals surface area contributed by atoms with Crippen molar-refractivity contribution in [3.8, 4) is 44.5 Å². The zero-order valence-electron chi connectivity index (χ0n) is 29.6. The highest BCUT2D eigenvalue weighted by atomic mass is 16.3. The van der Waals surface area contributed by atoms with Gasteiger partial charge in [-0.2, -0.15) is 0 Å². The number of hydrogen-bond donors (Lipinski definition) is 0. The maximum atomic E-state index is 6.75. The van der Waals surface area contributed by atoms with Crippen LogP contribution in [0.25, 0.3) is 77.2 Å². The minimum atomic E-state index is 0.910. The van der Waals surface area contributed by atoms with Crippen LogP contribution in [0.5, 0.6) is 0 Å². The molecule has 0 amide bonds. The van der Waals surface area contributed by atoms with Gasteiger partial charge in [-0.05, 0) is 75.2 Å². The summed E-state index contributed by atoms with van der Waals surface area (Å²) in [5, 5.41) is 4.69. The second-order valence-corrected chi connectivity index (χ2v) is 13.7. The van der Waals surface area contributed by atoms with Crippen LogP contribution in [0.2, 0.25) is 0 Å². The van der Waals surface area contributed by atoms with E-state index in [-0.39, 0.29) is 0 Å². The first-order chi connectivity index (χ1) is 26.8. The maximum absolute atomic E-state index is 6.75. The van der Waals surface area contributed by atoms with E-state index in [0.29, 0.717) is 0 Å². The Morgan fingerprint density at radius 2 is 0.759 bits per heavy atom. The number of hydrogen-bond acceptors (Lipinski definition) is 2. The third-order valence-corrected chi connectivity index (χ3v) is 10.5. The van der Waals surface area contributed by atoms with E-state index in [2.05, 4.69) is 211 Å². The highest BCUT2D eigenvalue weighted by molar-refractivity contribution is 6.13. The molecular formula is C52H35NO. The smallest absolute Gasteiger partial charge is 0.143 e. The minimum Gasteiger partial charge on any atom is -0.455 e. The van der Waals surface area contributed by atoms with Crippen LogP contribution in [-0.4, -0.2) is 0 Å². The topological polar surface area (TPSA) is 16.4 Å². The van der Waals surface area contributed by atoms with Gasteiger partial charge in [0.25, 0.3) is 0 Å². The largest absolute Gasteiger partial charge is 0.455 e. The summed E-state index contributed by atoms with van der Waals surface area (Å²) in [5.41, 5.74) is 14.4. The molecule has 2 heteroatoms. The second-order valence-electron chi connectivity index (χ2n) is 13.7. The van der Waals surface area contributed by atoms with Gasteiger partial charge in [0.1, 0.15) is 11.2 Å². The molecule has 0 fully saturated rings. The van der Waals surface area contributed by atoms with Crippen molar-refractivity contribution in [3.63, 3.8) is 0 Å². The van der Waals surface area contributed by atoms with E-state index in [9.17, 15) is 0 Å². The molecular weight excluding hydrogens is 655 g/mol. The van der Waals surface area contributed by atoms with Crippen LogP contribution >= 0.6 is 0 Å². The number of benzene rings is 9. The van der Waals surface area contributed by atoms with Crippen LogP contribution in [0.1, 0.15) is 0 Å². The SMILES string of the molecule is c1ccc(-c2ccc(N(c3ccccc3)c3ccc(-c4cccc(-c5cccc6c5oc5c(-c7ccccc7)cccc56)c4)cc3)c3ccccc23)cc1. The van der Waals surface area contributed by atoms with Crippen LogP contribution in [0.15, 0.2) is 217 Å². The Balaban J connectivity index is 1.04. The zero-order valence-corrected chi connectivity index (χ0v) is 29.6. The zero-order chi connectivity index (χ0) is 35.8. The van der Waals surface area contributed by atoms with Crippen LogP contribution in [0.3, 0.4) is 0 Å². The lowest BCUT2D eigenvalue weighted by atomic mass is 9.96. The van der Waals surface area contributed by atoms with Crippen LogP contribution in [0.4, 0.5) is 17.1 Å². The third-order valence-electron chi connectivity index (χ3n) is 10.5. The third kappa shape index (κ3) is 5.53. The van der Waals surface area contributed by atoms with E-state index in [4.69, 9.17) is 4.42 Å². The van der Waals surface area contributed by atoms with Crippen LogP contribution in [0, 0.1) is 0 Å². The van der Waals surface area contributed by atoms with E-state index in [1.807, 2.05) is 6.07 Å². The molecule has 0 saturated heterocycles. The lowest BCUT2D eigenvalue weighted by Crippen LogP contribution is -2.10. The molecule has 0 saturated carbocycles. The molecule has 0 radical (unpaired) electrons. The highest BCUT2D eigenvalue weighted by Gasteiger charge is 2.19. The molecule has 1 heterocycles. The van der Waals surface area contributed by atoms with Crippen molar-refractivity contribution < 1.29 is 4.42 Å². The van der Waals surface area contributed by atoms with Gasteiger partial charge in [0.2, 0.25) is 0 Å². The first kappa shape index (κ1) is 31.6. The summed E-state index contributed by atoms with van der Waals surface area (Å²) >= 11 is 0. The van der Waals surface area contributed by atoms with Crippen molar-refractivity contribution in [1.29, 1.82) is 0 Å². The van der Waals surface area contributed by atoms with Crippen LogP contribution in [-0.2, 0) is 0 Å². The van der Waals surface area contributed by atoms with Gasteiger partial charge in [0.05, 0.1) is 5.69 Å². The van der Waals surface area contributed by atoms with Crippen molar-refractivity contribution in [3.05, 3.63) is 212 Å². The fourth-order valence-corrected chi connectivity index (χ4v) is 7.91. The lowest BCUT2D eigenvalue weighted by molar-refractivity contribution is 0.671. The highest BCUT2D eigenvalue weighted by Crippen LogP contribution is 2.43. The maximum Gasteiger partial charge on any atom is 0.143 e. The first-order valence-electron chi connectivity index (χ1n) is 18.4. The van der Waals surface area contributed by atoms with Gasteiger partial charge in [-0.3, -0.25) is 0 Å². The summed E-state index contributed by atoms with van der Waals surface area (Å²) in [6.45, 7) is 0. The Kier molecular flexibility index (Phi) is 7.85. The summed E-state index contributed by atoms with van der Waals surface area (Å²) in [6.07, 6.45) is 0. The molecule has 1 aromatic heterocycles. The molecule has 0 aliphatic heterocycles. The van der Waals surface area contributed by atoms with Gasteiger partial charge in [-0.15, -0.1) is 0 Å². The Labute approximate surface area is 314 Å². The Morgan fingerprint density at radius 3 is 1.43 bits per heavy atom. The summed E-state index contributed by atoms with van der Waals surface area (Å²) in [6, 6.07) is 75.6. The summed E-state index contributed by atoms with van der Waals surface area (Å²) < 4.78 is 6.75. The predicted molar refractivity (Wildman–Crippen MR) is 228 cm³/mol. The van der Waals surface area contributed by atoms with Crippen molar-refractivity contribution in [2.24, 2.45) is 0 Å². The average molecular weight is 690 g/mol. The molecule has 0 spiro atoms. The van der Waals surface area contributed by atoms with Crippen molar-refractivity contribution in [2.45, 2.75) is 0 Å². The molecule has 0 atom stereocenters. The number of anilines is 3. The van der Waals surface area contributed by atoms with Crippen LogP contribution < -0.4 is 4.90 Å². The quantitative estimate of drug-likeness (QED) is 0.166. The van der Waals surface area contributed by atoms with Gasteiger partial charge in [0.15, 0.2) is 0 Å². The molecule has 2 nitrogen and oxygen atoms in total. The van der Waals surface area contributed by atoms with E-state index in [0.717, 1.165) is 72.4 Å². The number of rotatable bonds is 7. The van der Waals surface area contributed by atoms with E-state index >= 15 is 0 Å². The predicted octanol–water partition coefficient (Wildman–Crippen LogP) is 14.9. The molecule has 254 valence electrons. The fourth-order valence-electron chi connectivity index (χ4n) is 7.91. The first-order valence-corrected chi connectivity index (χ1v) is 18.4. The van der Waals surface area contributed by atoms with E-state index in [1.165, 1.54) is 21.9 Å².